The van der Waals surface area contributed by atoms with E-state index < -0.39 is 47.9 Å². The lowest BCUT2D eigenvalue weighted by atomic mass is 9.71. The molecular formula is C45H67NO11S. The molecule has 16 atom stereocenters. The van der Waals surface area contributed by atoms with Gasteiger partial charge in [0.25, 0.3) is 0 Å². The highest BCUT2D eigenvalue weighted by Gasteiger charge is 2.60. The summed E-state index contributed by atoms with van der Waals surface area (Å²) in [5, 5.41) is 26.6. The maximum atomic E-state index is 14.3. The van der Waals surface area contributed by atoms with Crippen LogP contribution in [0.3, 0.4) is 0 Å². The topological polar surface area (TPSA) is 151 Å². The molecule has 1 aliphatic carbocycles. The highest BCUT2D eigenvalue weighted by atomic mass is 32.2. The number of carbonyl (C=O) groups is 2. The summed E-state index contributed by atoms with van der Waals surface area (Å²) in [6, 6.07) is 0. The smallest absolute Gasteiger partial charge is 0.316 e. The van der Waals surface area contributed by atoms with Crippen LogP contribution in [0.4, 0.5) is 0 Å². The third-order valence-electron chi connectivity index (χ3n) is 13.0. The van der Waals surface area contributed by atoms with Crippen molar-refractivity contribution in [3.63, 3.8) is 0 Å². The van der Waals surface area contributed by atoms with Crippen molar-refractivity contribution in [3.8, 4) is 0 Å². The predicted octanol–water partition coefficient (Wildman–Crippen LogP) is 5.72. The molecule has 5 heterocycles. The summed E-state index contributed by atoms with van der Waals surface area (Å²) in [4.78, 5) is 25.7. The van der Waals surface area contributed by atoms with Crippen molar-refractivity contribution in [3.05, 3.63) is 59.3 Å². The van der Waals surface area contributed by atoms with Crippen molar-refractivity contribution in [2.75, 3.05) is 26.0 Å². The molecule has 1 unspecified atom stereocenters. The molecular weight excluding hydrogens is 763 g/mol. The van der Waals surface area contributed by atoms with Crippen LogP contribution in [0, 0.1) is 23.7 Å². The van der Waals surface area contributed by atoms with Crippen molar-refractivity contribution in [2.45, 2.75) is 159 Å². The molecule has 58 heavy (non-hydrogen) atoms. The van der Waals surface area contributed by atoms with Crippen LogP contribution in [0.1, 0.15) is 87.5 Å². The molecule has 3 fully saturated rings. The average Bonchev–Trinajstić information content (AvgIpc) is 3.52. The molecule has 1 spiro atoms. The number of hydrogen-bond acceptors (Lipinski definition) is 12. The SMILES string of the molecule is CCC(C)[C@H]1O[C@]2(C=C[C@@H]1C)C[C@@H]1C[C@@H](C/C=C(\C)[C@@H](O[C@H]3C[C@H](OC)[C@H](SCCNC(C)=O)[C@H](C)O3)[C@@H](C)/C=C/C=C3\CO[C@@H]4[C@H](O)C(C)=C[C@@H](C(=O)O1)[C@]34O)O2. The molecule has 324 valence electrons. The standard InChI is InChI=1S/C45H67NO11S/c1-10-25(2)40-28(5)16-17-44(57-40)23-34-21-33(56-44)15-14-27(4)39(55-37-22-36(51-9)41(30(7)53-37)58-19-18-46-31(8)47)26(3)12-11-13-32-24-52-42-38(48)29(6)20-35(43(49)54-34)45(32,42)50/h11-14,16-17,20,25-26,28,30,33-42,48,50H,10,15,18-19,21-24H2,1-9H3,(H,46,47)/b12-11+,27-14+,32-13+/t25?,26-,28-,30-,33+,34-,35-,36-,37-,38+,39-,40+,41+,42+,44+,45+/m0/s1. The first kappa shape index (κ1) is 45.2. The summed E-state index contributed by atoms with van der Waals surface area (Å²) in [5.41, 5.74) is 0.218. The minimum atomic E-state index is -1.81. The van der Waals surface area contributed by atoms with E-state index in [-0.39, 0.29) is 66.0 Å². The number of allylic oxidation sites excluding steroid dienone is 2. The lowest BCUT2D eigenvalue weighted by Gasteiger charge is -2.48. The van der Waals surface area contributed by atoms with Gasteiger partial charge in [-0.2, -0.15) is 11.8 Å². The van der Waals surface area contributed by atoms with E-state index in [2.05, 4.69) is 52.1 Å². The Labute approximate surface area is 349 Å². The molecule has 1 amide bonds. The van der Waals surface area contributed by atoms with Gasteiger partial charge in [-0.05, 0) is 55.9 Å². The number of methoxy groups -OCH3 is 1. The molecule has 3 saturated heterocycles. The Hall–Kier alpha value is -2.33. The Balaban J connectivity index is 1.32. The van der Waals surface area contributed by atoms with Crippen LogP contribution in [-0.4, -0.2) is 120 Å². The van der Waals surface area contributed by atoms with Crippen LogP contribution in [0.25, 0.3) is 0 Å². The first-order valence-corrected chi connectivity index (χ1v) is 22.3. The largest absolute Gasteiger partial charge is 0.462 e. The van der Waals surface area contributed by atoms with Gasteiger partial charge in [0.15, 0.2) is 12.1 Å². The van der Waals surface area contributed by atoms with Gasteiger partial charge in [-0.15, -0.1) is 0 Å². The van der Waals surface area contributed by atoms with Gasteiger partial charge in [0.1, 0.15) is 29.8 Å². The number of rotatable bonds is 9. The van der Waals surface area contributed by atoms with E-state index in [0.717, 1.165) is 17.7 Å². The van der Waals surface area contributed by atoms with Gasteiger partial charge in [0.2, 0.25) is 5.91 Å². The van der Waals surface area contributed by atoms with Gasteiger partial charge in [-0.3, -0.25) is 9.59 Å². The van der Waals surface area contributed by atoms with Crippen molar-refractivity contribution >= 4 is 23.6 Å². The first-order valence-electron chi connectivity index (χ1n) is 21.3. The van der Waals surface area contributed by atoms with Crippen LogP contribution in [0.5, 0.6) is 0 Å². The maximum Gasteiger partial charge on any atom is 0.316 e. The number of amides is 1. The van der Waals surface area contributed by atoms with E-state index in [1.807, 2.05) is 25.2 Å². The molecule has 0 aromatic carbocycles. The van der Waals surface area contributed by atoms with Gasteiger partial charge in [-0.25, -0.2) is 0 Å². The Morgan fingerprint density at radius 1 is 1.10 bits per heavy atom. The van der Waals surface area contributed by atoms with Gasteiger partial charge in [-0.1, -0.05) is 70.6 Å². The van der Waals surface area contributed by atoms with Crippen molar-refractivity contribution < 1.29 is 53.0 Å². The molecule has 13 heteroatoms. The molecule has 12 nitrogen and oxygen atoms in total. The van der Waals surface area contributed by atoms with Crippen molar-refractivity contribution in [1.29, 1.82) is 0 Å². The zero-order valence-electron chi connectivity index (χ0n) is 35.8. The Morgan fingerprint density at radius 3 is 2.60 bits per heavy atom. The molecule has 0 radical (unpaired) electrons. The van der Waals surface area contributed by atoms with Gasteiger partial charge in [0, 0.05) is 57.4 Å². The van der Waals surface area contributed by atoms with E-state index in [0.29, 0.717) is 43.4 Å². The number of fused-ring (bicyclic) bond motifs is 2. The fraction of sp³-hybridized carbons (Fsp3) is 0.733. The molecule has 6 rings (SSSR count). The second-order valence-corrected chi connectivity index (χ2v) is 18.7. The second-order valence-electron chi connectivity index (χ2n) is 17.4. The molecule has 0 saturated carbocycles. The van der Waals surface area contributed by atoms with Gasteiger partial charge < -0.3 is 48.7 Å². The lowest BCUT2D eigenvalue weighted by Crippen LogP contribution is -2.58. The second kappa shape index (κ2) is 19.2. The number of aliphatic hydroxyl groups is 2. The van der Waals surface area contributed by atoms with Crippen LogP contribution in [0.2, 0.25) is 0 Å². The normalized spacial score (nSPS) is 44.8. The van der Waals surface area contributed by atoms with Gasteiger partial charge in [0.05, 0.1) is 42.4 Å². The molecule has 0 aromatic heterocycles. The van der Waals surface area contributed by atoms with Gasteiger partial charge >= 0.3 is 5.97 Å². The summed E-state index contributed by atoms with van der Waals surface area (Å²) in [7, 11) is 1.72. The first-order chi connectivity index (χ1) is 27.6. The fourth-order valence-electron chi connectivity index (χ4n) is 9.52. The molecule has 0 aromatic rings. The van der Waals surface area contributed by atoms with Crippen molar-refractivity contribution in [1.82, 2.24) is 5.32 Å². The number of ether oxygens (including phenoxy) is 7. The van der Waals surface area contributed by atoms with Crippen LogP contribution in [-0.2, 0) is 42.7 Å². The zero-order chi connectivity index (χ0) is 41.9. The monoisotopic (exact) mass is 829 g/mol. The number of carbonyl (C=O) groups excluding carboxylic acids is 2. The van der Waals surface area contributed by atoms with Crippen LogP contribution < -0.4 is 5.32 Å². The molecule has 6 aliphatic rings. The van der Waals surface area contributed by atoms with E-state index in [9.17, 15) is 19.8 Å². The summed E-state index contributed by atoms with van der Waals surface area (Å²) in [5.74, 6) is -1.75. The minimum absolute atomic E-state index is 0.0488. The Bertz CT molecular complexity index is 1630. The minimum Gasteiger partial charge on any atom is -0.462 e. The van der Waals surface area contributed by atoms with Crippen molar-refractivity contribution in [2.24, 2.45) is 23.7 Å². The summed E-state index contributed by atoms with van der Waals surface area (Å²) >= 11 is 1.73. The quantitative estimate of drug-likeness (QED) is 0.148. The third-order valence-corrected chi connectivity index (χ3v) is 14.5. The van der Waals surface area contributed by atoms with E-state index in [4.69, 9.17) is 33.2 Å². The average molecular weight is 830 g/mol. The summed E-state index contributed by atoms with van der Waals surface area (Å²) in [6.07, 6.45) is 12.0. The molecule has 5 aliphatic heterocycles. The number of thioether (sulfide) groups is 1. The summed E-state index contributed by atoms with van der Waals surface area (Å²) in [6.45, 7) is 16.6. The van der Waals surface area contributed by atoms with Crippen LogP contribution >= 0.6 is 11.8 Å². The zero-order valence-corrected chi connectivity index (χ0v) is 36.6. The number of nitrogens with one attached hydrogen (secondary N) is 1. The number of aliphatic hydroxyl groups excluding tert-OH is 1. The van der Waals surface area contributed by atoms with Crippen LogP contribution in [0.15, 0.2) is 59.3 Å². The van der Waals surface area contributed by atoms with E-state index in [1.54, 1.807) is 37.9 Å². The number of hydrogen-bond donors (Lipinski definition) is 3. The maximum absolute atomic E-state index is 14.3. The fourth-order valence-corrected chi connectivity index (χ4v) is 10.8. The molecule has 2 bridgehead atoms. The Kier molecular flexibility index (Phi) is 14.9. The summed E-state index contributed by atoms with van der Waals surface area (Å²) < 4.78 is 45.6. The number of esters is 1. The third kappa shape index (κ3) is 9.73. The van der Waals surface area contributed by atoms with E-state index >= 15 is 0 Å². The predicted molar refractivity (Wildman–Crippen MR) is 222 cm³/mol. The Morgan fingerprint density at radius 2 is 1.88 bits per heavy atom. The highest BCUT2D eigenvalue weighted by molar-refractivity contribution is 8.00. The molecule has 3 N–H and O–H groups in total. The van der Waals surface area contributed by atoms with E-state index in [1.165, 1.54) is 6.92 Å². The lowest BCUT2D eigenvalue weighted by molar-refractivity contribution is -0.300. The highest BCUT2D eigenvalue weighted by Crippen LogP contribution is 2.47.